The van der Waals surface area contributed by atoms with Gasteiger partial charge in [-0.2, -0.15) is 4.57 Å². The molecule has 1 fully saturated rings. The second-order valence-electron chi connectivity index (χ2n) is 12.5. The van der Waals surface area contributed by atoms with Gasteiger partial charge in [0.1, 0.15) is 6.10 Å². The first-order valence-electron chi connectivity index (χ1n) is 15.5. The van der Waals surface area contributed by atoms with Gasteiger partial charge in [0, 0.05) is 31.7 Å². The zero-order valence-corrected chi connectivity index (χ0v) is 28.4. The van der Waals surface area contributed by atoms with Crippen molar-refractivity contribution in [3.63, 3.8) is 0 Å². The lowest BCUT2D eigenvalue weighted by molar-refractivity contribution is -0.165. The zero-order valence-electron chi connectivity index (χ0n) is 27.4. The van der Waals surface area contributed by atoms with Gasteiger partial charge in [0.05, 0.1) is 6.61 Å². The van der Waals surface area contributed by atoms with Gasteiger partial charge in [0.25, 0.3) is 19.8 Å². The minimum Gasteiger partial charge on any atom is -0.456 e. The van der Waals surface area contributed by atoms with Gasteiger partial charge in [-0.3, -0.25) is 23.7 Å². The highest BCUT2D eigenvalue weighted by molar-refractivity contribution is 6.99. The van der Waals surface area contributed by atoms with E-state index in [9.17, 15) is 24.0 Å². The molecule has 1 aliphatic rings. The van der Waals surface area contributed by atoms with Gasteiger partial charge in [-0.15, -0.1) is 0 Å². The monoisotopic (exact) mass is 670 g/mol. The number of carbonyl (C=O) groups is 3. The Morgan fingerprint density at radius 2 is 1.25 bits per heavy atom. The molecule has 48 heavy (non-hydrogen) atoms. The number of ether oxygens (including phenoxy) is 3. The third-order valence-electron chi connectivity index (χ3n) is 8.28. The lowest BCUT2D eigenvalue weighted by Crippen LogP contribution is -2.67. The molecule has 12 heteroatoms. The van der Waals surface area contributed by atoms with Crippen molar-refractivity contribution in [2.45, 2.75) is 64.2 Å². The molecule has 250 valence electrons. The van der Waals surface area contributed by atoms with Crippen molar-refractivity contribution in [1.29, 1.82) is 0 Å². The van der Waals surface area contributed by atoms with Crippen molar-refractivity contribution in [2.75, 3.05) is 6.61 Å². The Hall–Kier alpha value is -4.91. The minimum atomic E-state index is -3.11. The van der Waals surface area contributed by atoms with Crippen molar-refractivity contribution in [1.82, 2.24) is 9.13 Å². The molecule has 4 aromatic rings. The highest BCUT2D eigenvalue weighted by atomic mass is 28.4. The van der Waals surface area contributed by atoms with E-state index in [1.54, 1.807) is 18.2 Å². The summed E-state index contributed by atoms with van der Waals surface area (Å²) >= 11 is 0. The van der Waals surface area contributed by atoms with Crippen LogP contribution in [0.5, 0.6) is 0 Å². The van der Waals surface area contributed by atoms with Crippen LogP contribution in [0.4, 0.5) is 0 Å². The second kappa shape index (κ2) is 14.1. The molecule has 0 N–H and O–H groups in total. The van der Waals surface area contributed by atoms with Crippen LogP contribution >= 0.6 is 0 Å². The Morgan fingerprint density at radius 1 is 0.750 bits per heavy atom. The maximum Gasteiger partial charge on any atom is 0.340 e. The summed E-state index contributed by atoms with van der Waals surface area (Å²) in [6.45, 7) is 8.59. The predicted octanol–water partition coefficient (Wildman–Crippen LogP) is 3.04. The maximum atomic E-state index is 13.8. The normalized spacial score (nSPS) is 19.4. The first kappa shape index (κ1) is 34.4. The highest BCUT2D eigenvalue weighted by Crippen LogP contribution is 2.39. The molecule has 0 unspecified atom stereocenters. The number of benzene rings is 3. The van der Waals surface area contributed by atoms with Crippen LogP contribution in [-0.2, 0) is 28.2 Å². The SMILES string of the molecule is CC(=O)O[C@@H]1[C@H](OC(C)=O)[C@@H](CO[Si](c2ccccc2)(c2ccccc2)C(C)(C)C)O[C@H]1n1ccc(=O)n(C(=O)c2ccccc2)c1=O. The molecule has 0 radical (unpaired) electrons. The summed E-state index contributed by atoms with van der Waals surface area (Å²) in [4.78, 5) is 64.8. The van der Waals surface area contributed by atoms with E-state index in [2.05, 4.69) is 20.8 Å². The quantitative estimate of drug-likeness (QED) is 0.195. The summed E-state index contributed by atoms with van der Waals surface area (Å²) in [5, 5.41) is 1.60. The van der Waals surface area contributed by atoms with E-state index < -0.39 is 67.0 Å². The molecule has 0 amide bonds. The lowest BCUT2D eigenvalue weighted by Gasteiger charge is -2.43. The van der Waals surface area contributed by atoms with Crippen molar-refractivity contribution >= 4 is 36.5 Å². The van der Waals surface area contributed by atoms with Gasteiger partial charge in [0.2, 0.25) is 0 Å². The van der Waals surface area contributed by atoms with Crippen LogP contribution in [0.25, 0.3) is 0 Å². The molecule has 0 saturated carbocycles. The molecule has 0 bridgehead atoms. The topological polar surface area (TPSA) is 132 Å². The Labute approximate surface area is 278 Å². The molecular formula is C36H38N2O9Si. The molecule has 1 aromatic heterocycles. The summed E-state index contributed by atoms with van der Waals surface area (Å²) in [5.41, 5.74) is -1.75. The largest absolute Gasteiger partial charge is 0.456 e. The van der Waals surface area contributed by atoms with Crippen LogP contribution in [0.1, 0.15) is 51.2 Å². The van der Waals surface area contributed by atoms with Crippen LogP contribution in [0.15, 0.2) is 113 Å². The zero-order chi connectivity index (χ0) is 34.6. The second-order valence-corrected chi connectivity index (χ2v) is 16.8. The number of hydrogen-bond donors (Lipinski definition) is 0. The van der Waals surface area contributed by atoms with Crippen LogP contribution in [0.3, 0.4) is 0 Å². The maximum absolute atomic E-state index is 13.8. The predicted molar refractivity (Wildman–Crippen MR) is 180 cm³/mol. The fourth-order valence-electron chi connectivity index (χ4n) is 6.27. The molecule has 0 spiro atoms. The Bertz CT molecular complexity index is 1850. The Morgan fingerprint density at radius 3 is 1.75 bits per heavy atom. The fraction of sp³-hybridized carbons (Fsp3) is 0.306. The summed E-state index contributed by atoms with van der Waals surface area (Å²) < 4.78 is 26.3. The van der Waals surface area contributed by atoms with Crippen molar-refractivity contribution in [3.05, 3.63) is 130 Å². The van der Waals surface area contributed by atoms with E-state index in [1.165, 1.54) is 26.0 Å². The number of aromatic nitrogens is 2. The van der Waals surface area contributed by atoms with Gasteiger partial charge in [-0.05, 0) is 27.5 Å². The molecule has 3 aromatic carbocycles. The van der Waals surface area contributed by atoms with Crippen molar-refractivity contribution in [2.24, 2.45) is 0 Å². The fourth-order valence-corrected chi connectivity index (χ4v) is 10.8. The number of carbonyl (C=O) groups excluding carboxylic acids is 3. The molecule has 1 aliphatic heterocycles. The smallest absolute Gasteiger partial charge is 0.340 e. The molecule has 1 saturated heterocycles. The van der Waals surface area contributed by atoms with Crippen LogP contribution < -0.4 is 21.6 Å². The molecule has 2 heterocycles. The first-order chi connectivity index (χ1) is 22.8. The standard InChI is InChI=1S/C36H38N2O9Si/c1-24(39)45-31-29(23-44-48(36(3,4)5,27-17-11-7-12-18-27)28-19-13-8-14-20-28)47-34(32(31)46-25(2)40)37-22-21-30(41)38(35(37)43)33(42)26-15-9-6-10-16-26/h6-22,29,31-32,34H,23H2,1-5H3/t29-,31-,32-,34-/m1/s1. The molecular weight excluding hydrogens is 632 g/mol. The van der Waals surface area contributed by atoms with Crippen molar-refractivity contribution in [3.8, 4) is 0 Å². The molecule has 5 rings (SSSR count). The summed E-state index contributed by atoms with van der Waals surface area (Å²) in [7, 11) is -3.11. The van der Waals surface area contributed by atoms with Crippen LogP contribution in [0.2, 0.25) is 5.04 Å². The number of hydrogen-bond acceptors (Lipinski definition) is 9. The number of rotatable bonds is 9. The third kappa shape index (κ3) is 6.72. The van der Waals surface area contributed by atoms with Gasteiger partial charge in [-0.1, -0.05) is 99.6 Å². The van der Waals surface area contributed by atoms with Gasteiger partial charge < -0.3 is 18.6 Å². The lowest BCUT2D eigenvalue weighted by atomic mass is 10.1. The van der Waals surface area contributed by atoms with E-state index in [1.807, 2.05) is 60.7 Å². The summed E-state index contributed by atoms with van der Waals surface area (Å²) in [5.74, 6) is -2.24. The van der Waals surface area contributed by atoms with Gasteiger partial charge >= 0.3 is 17.6 Å². The average molecular weight is 671 g/mol. The van der Waals surface area contributed by atoms with E-state index in [4.69, 9.17) is 18.6 Å². The van der Waals surface area contributed by atoms with E-state index in [0.717, 1.165) is 27.2 Å². The summed E-state index contributed by atoms with van der Waals surface area (Å²) in [6, 6.07) is 28.7. The van der Waals surface area contributed by atoms with E-state index >= 15 is 0 Å². The minimum absolute atomic E-state index is 0.114. The van der Waals surface area contributed by atoms with Crippen molar-refractivity contribution < 1.29 is 33.0 Å². The number of esters is 2. The van der Waals surface area contributed by atoms with Gasteiger partial charge in [-0.25, -0.2) is 4.79 Å². The number of nitrogens with zero attached hydrogens (tertiary/aromatic N) is 2. The highest BCUT2D eigenvalue weighted by Gasteiger charge is 2.54. The molecule has 0 aliphatic carbocycles. The van der Waals surface area contributed by atoms with E-state index in [0.29, 0.717) is 4.57 Å². The Kier molecular flexibility index (Phi) is 10.1. The first-order valence-corrected chi connectivity index (χ1v) is 17.4. The summed E-state index contributed by atoms with van der Waals surface area (Å²) in [6.07, 6.45) is -3.77. The molecule has 4 atom stereocenters. The van der Waals surface area contributed by atoms with E-state index in [-0.39, 0.29) is 12.2 Å². The Balaban J connectivity index is 1.60. The average Bonchev–Trinajstić information content (AvgIpc) is 3.37. The van der Waals surface area contributed by atoms with Gasteiger partial charge in [0.15, 0.2) is 18.4 Å². The van der Waals surface area contributed by atoms with Crippen LogP contribution in [0, 0.1) is 0 Å². The molecule has 11 nitrogen and oxygen atoms in total. The third-order valence-corrected chi connectivity index (χ3v) is 13.3. The van der Waals surface area contributed by atoms with Crippen LogP contribution in [-0.4, -0.2) is 60.2 Å².